The van der Waals surface area contributed by atoms with E-state index in [1.807, 2.05) is 0 Å². The molecule has 1 saturated heterocycles. The number of hydrogen-bond donors (Lipinski definition) is 1. The minimum absolute atomic E-state index is 0.460. The summed E-state index contributed by atoms with van der Waals surface area (Å²) in [5, 5.41) is 3.34. The van der Waals surface area contributed by atoms with Gasteiger partial charge in [-0.2, -0.15) is 0 Å². The van der Waals surface area contributed by atoms with E-state index in [2.05, 4.69) is 5.32 Å². The van der Waals surface area contributed by atoms with Crippen molar-refractivity contribution in [3.63, 3.8) is 0 Å². The molecule has 4 heteroatoms. The summed E-state index contributed by atoms with van der Waals surface area (Å²) in [4.78, 5) is 0.533. The Labute approximate surface area is 92.3 Å². The summed E-state index contributed by atoms with van der Waals surface area (Å²) in [5.74, 6) is -0.128. The van der Waals surface area contributed by atoms with Crippen molar-refractivity contribution in [1.29, 1.82) is 0 Å². The average molecular weight is 229 g/mol. The summed E-state index contributed by atoms with van der Waals surface area (Å²) in [5.41, 5.74) is 0. The van der Waals surface area contributed by atoms with Crippen molar-refractivity contribution in [2.24, 2.45) is 0 Å². The molecule has 15 heavy (non-hydrogen) atoms. The van der Waals surface area contributed by atoms with E-state index < -0.39 is 11.6 Å². The lowest BCUT2D eigenvalue weighted by atomic mass is 10.3. The minimum Gasteiger partial charge on any atom is -0.313 e. The second-order valence-electron chi connectivity index (χ2n) is 3.68. The Kier molecular flexibility index (Phi) is 3.59. The molecule has 1 aromatic rings. The first kappa shape index (κ1) is 10.9. The third-order valence-electron chi connectivity index (χ3n) is 2.50. The topological polar surface area (TPSA) is 12.0 Å². The van der Waals surface area contributed by atoms with Crippen LogP contribution in [0.25, 0.3) is 0 Å². The van der Waals surface area contributed by atoms with E-state index in [0.29, 0.717) is 10.9 Å². The summed E-state index contributed by atoms with van der Waals surface area (Å²) in [6.45, 7) is 1.05. The van der Waals surface area contributed by atoms with Gasteiger partial charge in [-0.3, -0.25) is 0 Å². The van der Waals surface area contributed by atoms with Crippen molar-refractivity contribution in [1.82, 2.24) is 5.32 Å². The van der Waals surface area contributed by atoms with Crippen molar-refractivity contribution < 1.29 is 8.78 Å². The molecule has 0 aromatic heterocycles. The van der Waals surface area contributed by atoms with E-state index in [1.165, 1.54) is 30.3 Å². The van der Waals surface area contributed by atoms with Crippen LogP contribution in [0.2, 0.25) is 0 Å². The molecule has 0 radical (unpaired) electrons. The molecule has 2 rings (SSSR count). The molecule has 0 amide bonds. The second kappa shape index (κ2) is 4.94. The van der Waals surface area contributed by atoms with Gasteiger partial charge in [-0.1, -0.05) is 0 Å². The molecule has 1 atom stereocenters. The maximum absolute atomic E-state index is 13.2. The van der Waals surface area contributed by atoms with E-state index in [0.717, 1.165) is 24.8 Å². The first-order valence-electron chi connectivity index (χ1n) is 5.07. The van der Waals surface area contributed by atoms with Gasteiger partial charge in [0.25, 0.3) is 0 Å². The zero-order valence-electron chi connectivity index (χ0n) is 8.30. The molecule has 82 valence electrons. The van der Waals surface area contributed by atoms with E-state index in [4.69, 9.17) is 0 Å². The number of nitrogens with one attached hydrogen (secondary N) is 1. The molecule has 1 heterocycles. The molecular weight excluding hydrogens is 216 g/mol. The van der Waals surface area contributed by atoms with Gasteiger partial charge in [0, 0.05) is 22.8 Å². The summed E-state index contributed by atoms with van der Waals surface area (Å²) in [6.07, 6.45) is 2.34. The summed E-state index contributed by atoms with van der Waals surface area (Å²) >= 11 is 1.45. The van der Waals surface area contributed by atoms with Crippen LogP contribution in [0.3, 0.4) is 0 Å². The first-order valence-corrected chi connectivity index (χ1v) is 6.05. The molecule has 0 saturated carbocycles. The van der Waals surface area contributed by atoms with Gasteiger partial charge >= 0.3 is 0 Å². The molecule has 1 nitrogen and oxygen atoms in total. The maximum atomic E-state index is 13.2. The van der Waals surface area contributed by atoms with Crippen molar-refractivity contribution in [2.75, 3.05) is 12.3 Å². The van der Waals surface area contributed by atoms with Crippen LogP contribution in [0.4, 0.5) is 8.78 Å². The third kappa shape index (κ3) is 2.92. The number of hydrogen-bond acceptors (Lipinski definition) is 2. The molecule has 0 unspecified atom stereocenters. The monoisotopic (exact) mass is 229 g/mol. The van der Waals surface area contributed by atoms with Gasteiger partial charge < -0.3 is 5.32 Å². The molecule has 1 aliphatic heterocycles. The number of thioether (sulfide) groups is 1. The third-order valence-corrected chi connectivity index (χ3v) is 3.71. The van der Waals surface area contributed by atoms with Crippen LogP contribution in [0.15, 0.2) is 23.1 Å². The molecule has 0 bridgehead atoms. The molecule has 1 aromatic carbocycles. The second-order valence-corrected chi connectivity index (χ2v) is 4.74. The predicted octanol–water partition coefficient (Wildman–Crippen LogP) is 2.81. The quantitative estimate of drug-likeness (QED) is 0.800. The fourth-order valence-electron chi connectivity index (χ4n) is 1.68. The van der Waals surface area contributed by atoms with E-state index >= 15 is 0 Å². The van der Waals surface area contributed by atoms with Crippen LogP contribution in [0.5, 0.6) is 0 Å². The van der Waals surface area contributed by atoms with Crippen molar-refractivity contribution in [2.45, 2.75) is 23.8 Å². The first-order chi connectivity index (χ1) is 7.25. The lowest BCUT2D eigenvalue weighted by molar-refractivity contribution is 0.565. The number of halogens is 2. The molecule has 0 aliphatic carbocycles. The fourth-order valence-corrected chi connectivity index (χ4v) is 2.71. The van der Waals surface area contributed by atoms with Gasteiger partial charge in [-0.05, 0) is 31.5 Å². The van der Waals surface area contributed by atoms with E-state index in [-0.39, 0.29) is 0 Å². The predicted molar refractivity (Wildman–Crippen MR) is 58.1 cm³/mol. The Bertz CT molecular complexity index is 337. The highest BCUT2D eigenvalue weighted by Gasteiger charge is 2.15. The largest absolute Gasteiger partial charge is 0.313 e. The van der Waals surface area contributed by atoms with Crippen LogP contribution >= 0.6 is 11.8 Å². The highest BCUT2D eigenvalue weighted by molar-refractivity contribution is 7.99. The summed E-state index contributed by atoms with van der Waals surface area (Å²) < 4.78 is 25.9. The Hall–Kier alpha value is -0.610. The number of benzene rings is 1. The Morgan fingerprint density at radius 2 is 2.27 bits per heavy atom. The van der Waals surface area contributed by atoms with Gasteiger partial charge in [0.2, 0.25) is 0 Å². The molecular formula is C11H13F2NS. The Morgan fingerprint density at radius 3 is 2.93 bits per heavy atom. The van der Waals surface area contributed by atoms with Crippen molar-refractivity contribution in [3.8, 4) is 0 Å². The lowest BCUT2D eigenvalue weighted by Crippen LogP contribution is -2.23. The van der Waals surface area contributed by atoms with Gasteiger partial charge in [0.05, 0.1) is 0 Å². The van der Waals surface area contributed by atoms with E-state index in [1.54, 1.807) is 0 Å². The normalized spacial score (nSPS) is 20.8. The van der Waals surface area contributed by atoms with Crippen LogP contribution in [0.1, 0.15) is 12.8 Å². The zero-order valence-corrected chi connectivity index (χ0v) is 9.12. The van der Waals surface area contributed by atoms with Gasteiger partial charge in [0.1, 0.15) is 11.6 Å². The van der Waals surface area contributed by atoms with Gasteiger partial charge in [-0.25, -0.2) is 8.78 Å². The van der Waals surface area contributed by atoms with Crippen LogP contribution in [-0.2, 0) is 0 Å². The van der Waals surface area contributed by atoms with E-state index in [9.17, 15) is 8.78 Å². The van der Waals surface area contributed by atoms with Gasteiger partial charge in [-0.15, -0.1) is 11.8 Å². The molecule has 0 spiro atoms. The fraction of sp³-hybridized carbons (Fsp3) is 0.455. The van der Waals surface area contributed by atoms with Crippen LogP contribution in [-0.4, -0.2) is 18.3 Å². The molecule has 1 N–H and O–H groups in total. The maximum Gasteiger partial charge on any atom is 0.139 e. The SMILES string of the molecule is Fc1ccc(SC[C@@H]2CCCN2)c(F)c1. The zero-order chi connectivity index (χ0) is 10.7. The average Bonchev–Trinajstić information content (AvgIpc) is 2.69. The molecule has 1 fully saturated rings. The van der Waals surface area contributed by atoms with Crippen LogP contribution in [0, 0.1) is 11.6 Å². The Morgan fingerprint density at radius 1 is 1.40 bits per heavy atom. The van der Waals surface area contributed by atoms with Crippen molar-refractivity contribution >= 4 is 11.8 Å². The van der Waals surface area contributed by atoms with Crippen molar-refractivity contribution in [3.05, 3.63) is 29.8 Å². The number of rotatable bonds is 3. The summed E-state index contributed by atoms with van der Waals surface area (Å²) in [6, 6.07) is 4.21. The minimum atomic E-state index is -0.518. The van der Waals surface area contributed by atoms with Gasteiger partial charge in [0.15, 0.2) is 0 Å². The highest BCUT2D eigenvalue weighted by Crippen LogP contribution is 2.24. The standard InChI is InChI=1S/C11H13F2NS/c12-8-3-4-11(10(13)6-8)15-7-9-2-1-5-14-9/h3-4,6,9,14H,1-2,5,7H2/t9-/m0/s1. The smallest absolute Gasteiger partial charge is 0.139 e. The summed E-state index contributed by atoms with van der Waals surface area (Å²) in [7, 11) is 0. The Balaban J connectivity index is 1.92. The lowest BCUT2D eigenvalue weighted by Gasteiger charge is -2.09. The highest BCUT2D eigenvalue weighted by atomic mass is 32.2. The molecule has 1 aliphatic rings. The van der Waals surface area contributed by atoms with Crippen LogP contribution < -0.4 is 5.32 Å².